The summed E-state index contributed by atoms with van der Waals surface area (Å²) in [6.45, 7) is 3.94. The maximum atomic E-state index is 12.5. The quantitative estimate of drug-likeness (QED) is 0.566. The van der Waals surface area contributed by atoms with Crippen LogP contribution in [0.3, 0.4) is 0 Å². The Labute approximate surface area is 156 Å². The molecule has 2 rings (SSSR count). The molecule has 144 valence electrons. The summed E-state index contributed by atoms with van der Waals surface area (Å²) in [7, 11) is -7.37. The molecule has 0 atom stereocenters. The summed E-state index contributed by atoms with van der Waals surface area (Å²) in [5, 5.41) is 0. The summed E-state index contributed by atoms with van der Waals surface area (Å²) in [5.41, 5.74) is 5.04. The van der Waals surface area contributed by atoms with Crippen molar-refractivity contribution < 1.29 is 16.8 Å². The van der Waals surface area contributed by atoms with Crippen LogP contribution in [-0.2, 0) is 20.0 Å². The van der Waals surface area contributed by atoms with Gasteiger partial charge in [-0.05, 0) is 49.9 Å². The van der Waals surface area contributed by atoms with Gasteiger partial charge in [0.1, 0.15) is 0 Å². The molecule has 4 N–H and O–H groups in total. The number of nitrogens with two attached hydrogens (primary N) is 1. The molecule has 0 bridgehead atoms. The molecular weight excluding hydrogens is 386 g/mol. The third kappa shape index (κ3) is 5.38. The van der Waals surface area contributed by atoms with E-state index in [1.807, 2.05) is 13.8 Å². The zero-order chi connectivity index (χ0) is 18.0. The fraction of sp³-hybridized carbons (Fsp3) is 0.600. The molecule has 25 heavy (non-hydrogen) atoms. The van der Waals surface area contributed by atoms with Gasteiger partial charge in [-0.3, -0.25) is 0 Å². The highest BCUT2D eigenvalue weighted by Gasteiger charge is 2.31. The van der Waals surface area contributed by atoms with Crippen molar-refractivity contribution in [1.82, 2.24) is 9.44 Å². The maximum absolute atomic E-state index is 12.5. The van der Waals surface area contributed by atoms with Gasteiger partial charge in [-0.15, -0.1) is 12.4 Å². The van der Waals surface area contributed by atoms with E-state index in [9.17, 15) is 16.8 Å². The van der Waals surface area contributed by atoms with Gasteiger partial charge in [-0.25, -0.2) is 26.3 Å². The predicted molar refractivity (Wildman–Crippen MR) is 99.7 cm³/mol. The Hall–Kier alpha value is -0.710. The standard InChI is InChI=1S/C15H25N3O4S2.ClH/c1-3-15(4-2,11-16)18-24(21,22)14-9-7-13(8-10-14)23(19,20)17-12-5-6-12;/h7-10,12,17-18H,3-6,11,16H2,1-2H3;1H. The number of sulfonamides is 2. The lowest BCUT2D eigenvalue weighted by Gasteiger charge is -2.31. The second-order valence-electron chi connectivity index (χ2n) is 6.16. The molecule has 0 amide bonds. The van der Waals surface area contributed by atoms with E-state index < -0.39 is 25.6 Å². The first-order chi connectivity index (χ1) is 11.2. The van der Waals surface area contributed by atoms with Crippen LogP contribution in [0.25, 0.3) is 0 Å². The van der Waals surface area contributed by atoms with Crippen molar-refractivity contribution in [3.8, 4) is 0 Å². The second-order valence-corrected chi connectivity index (χ2v) is 9.56. The lowest BCUT2D eigenvalue weighted by molar-refractivity contribution is 0.363. The molecule has 1 aliphatic rings. The van der Waals surface area contributed by atoms with Crippen LogP contribution in [0, 0.1) is 0 Å². The van der Waals surface area contributed by atoms with Crippen LogP contribution in [0.4, 0.5) is 0 Å². The number of nitrogens with one attached hydrogen (secondary N) is 2. The molecule has 1 fully saturated rings. The molecule has 1 saturated carbocycles. The largest absolute Gasteiger partial charge is 0.329 e. The summed E-state index contributed by atoms with van der Waals surface area (Å²) in [4.78, 5) is 0.0806. The number of benzene rings is 1. The average Bonchev–Trinajstić information content (AvgIpc) is 3.36. The second kappa shape index (κ2) is 8.32. The highest BCUT2D eigenvalue weighted by molar-refractivity contribution is 7.90. The highest BCUT2D eigenvalue weighted by Crippen LogP contribution is 2.23. The lowest BCUT2D eigenvalue weighted by atomic mass is 9.95. The van der Waals surface area contributed by atoms with Crippen LogP contribution in [0.15, 0.2) is 34.1 Å². The number of hydrogen-bond acceptors (Lipinski definition) is 5. The van der Waals surface area contributed by atoms with Crippen molar-refractivity contribution in [2.75, 3.05) is 6.54 Å². The summed E-state index contributed by atoms with van der Waals surface area (Å²) >= 11 is 0. The van der Waals surface area contributed by atoms with Gasteiger partial charge < -0.3 is 5.73 Å². The topological polar surface area (TPSA) is 118 Å². The summed E-state index contributed by atoms with van der Waals surface area (Å²) in [6.07, 6.45) is 2.81. The van der Waals surface area contributed by atoms with Crippen molar-refractivity contribution in [3.63, 3.8) is 0 Å². The minimum absolute atomic E-state index is 0. The van der Waals surface area contributed by atoms with E-state index >= 15 is 0 Å². The van der Waals surface area contributed by atoms with E-state index in [2.05, 4.69) is 9.44 Å². The Balaban J connectivity index is 0.00000312. The van der Waals surface area contributed by atoms with Crippen LogP contribution >= 0.6 is 12.4 Å². The first-order valence-corrected chi connectivity index (χ1v) is 11.0. The first kappa shape index (κ1) is 22.3. The third-order valence-corrected chi connectivity index (χ3v) is 7.57. The minimum atomic E-state index is -3.77. The molecule has 0 saturated heterocycles. The van der Waals surface area contributed by atoms with Gasteiger partial charge >= 0.3 is 0 Å². The molecule has 0 aromatic heterocycles. The zero-order valence-corrected chi connectivity index (χ0v) is 16.8. The molecule has 10 heteroatoms. The Morgan fingerprint density at radius 1 is 1.00 bits per heavy atom. The van der Waals surface area contributed by atoms with Crippen LogP contribution in [-0.4, -0.2) is 35.0 Å². The van der Waals surface area contributed by atoms with Crippen LogP contribution in [0.1, 0.15) is 39.5 Å². The summed E-state index contributed by atoms with van der Waals surface area (Å²) in [5.74, 6) is 0. The Bertz CT molecular complexity index is 763. The molecule has 1 aliphatic carbocycles. The van der Waals surface area contributed by atoms with E-state index in [0.29, 0.717) is 12.8 Å². The molecule has 1 aromatic rings. The normalized spacial score (nSPS) is 15.6. The SMILES string of the molecule is CCC(CC)(CN)NS(=O)(=O)c1ccc(S(=O)(=O)NC2CC2)cc1.Cl. The van der Waals surface area contributed by atoms with Crippen LogP contribution < -0.4 is 15.2 Å². The van der Waals surface area contributed by atoms with Gasteiger partial charge in [-0.2, -0.15) is 0 Å². The number of halogens is 1. The van der Waals surface area contributed by atoms with Crippen LogP contribution in [0.5, 0.6) is 0 Å². The molecular formula is C15H26ClN3O4S2. The van der Waals surface area contributed by atoms with E-state index in [1.165, 1.54) is 24.3 Å². The van der Waals surface area contributed by atoms with E-state index in [0.717, 1.165) is 12.8 Å². The van der Waals surface area contributed by atoms with E-state index in [1.54, 1.807) is 0 Å². The van der Waals surface area contributed by atoms with Crippen molar-refractivity contribution in [3.05, 3.63) is 24.3 Å². The van der Waals surface area contributed by atoms with Crippen molar-refractivity contribution in [1.29, 1.82) is 0 Å². The summed E-state index contributed by atoms with van der Waals surface area (Å²) < 4.78 is 54.5. The molecule has 0 spiro atoms. The molecule has 0 radical (unpaired) electrons. The predicted octanol–water partition coefficient (Wildman–Crippen LogP) is 1.34. The fourth-order valence-corrected chi connectivity index (χ4v) is 5.21. The lowest BCUT2D eigenvalue weighted by Crippen LogP contribution is -2.52. The van der Waals surface area contributed by atoms with Gasteiger partial charge in [0.2, 0.25) is 20.0 Å². The fourth-order valence-electron chi connectivity index (χ4n) is 2.36. The Kier molecular flexibility index (Phi) is 7.43. The van der Waals surface area contributed by atoms with E-state index in [-0.39, 0.29) is 34.8 Å². The number of rotatable bonds is 9. The van der Waals surface area contributed by atoms with Crippen molar-refractivity contribution >= 4 is 32.5 Å². The van der Waals surface area contributed by atoms with Gasteiger partial charge in [0.15, 0.2) is 0 Å². The van der Waals surface area contributed by atoms with Gasteiger partial charge in [-0.1, -0.05) is 13.8 Å². The number of hydrogen-bond donors (Lipinski definition) is 3. The van der Waals surface area contributed by atoms with Crippen molar-refractivity contribution in [2.24, 2.45) is 5.73 Å². The Morgan fingerprint density at radius 2 is 1.44 bits per heavy atom. The Morgan fingerprint density at radius 3 is 1.80 bits per heavy atom. The zero-order valence-electron chi connectivity index (χ0n) is 14.4. The third-order valence-electron chi connectivity index (χ3n) is 4.44. The molecule has 1 aromatic carbocycles. The minimum Gasteiger partial charge on any atom is -0.329 e. The molecule has 0 heterocycles. The average molecular weight is 412 g/mol. The molecule has 0 aliphatic heterocycles. The van der Waals surface area contributed by atoms with Gasteiger partial charge in [0.25, 0.3) is 0 Å². The van der Waals surface area contributed by atoms with E-state index in [4.69, 9.17) is 5.73 Å². The monoisotopic (exact) mass is 411 g/mol. The van der Waals surface area contributed by atoms with Crippen molar-refractivity contribution in [2.45, 2.75) is 60.9 Å². The highest BCUT2D eigenvalue weighted by atomic mass is 35.5. The molecule has 0 unspecified atom stereocenters. The van der Waals surface area contributed by atoms with Gasteiger partial charge in [0.05, 0.1) is 9.79 Å². The van der Waals surface area contributed by atoms with Crippen LogP contribution in [0.2, 0.25) is 0 Å². The summed E-state index contributed by atoms with van der Waals surface area (Å²) in [6, 6.07) is 5.22. The molecule has 7 nitrogen and oxygen atoms in total. The van der Waals surface area contributed by atoms with Gasteiger partial charge in [0, 0.05) is 18.1 Å². The maximum Gasteiger partial charge on any atom is 0.241 e. The smallest absolute Gasteiger partial charge is 0.241 e. The first-order valence-electron chi connectivity index (χ1n) is 8.04.